The summed E-state index contributed by atoms with van der Waals surface area (Å²) in [4.78, 5) is 0. The highest BCUT2D eigenvalue weighted by Gasteiger charge is 2.18. The van der Waals surface area contributed by atoms with E-state index in [1.165, 1.54) is 82.3 Å². The first-order valence-electron chi connectivity index (χ1n) is 8.68. The Morgan fingerprint density at radius 1 is 1.00 bits per heavy atom. The second kappa shape index (κ2) is 12.1. The molecule has 1 N–H and O–H groups in total. The minimum Gasteiger partial charge on any atom is -0.314 e. The molecule has 1 rings (SSSR count). The van der Waals surface area contributed by atoms with E-state index >= 15 is 0 Å². The van der Waals surface area contributed by atoms with Gasteiger partial charge in [-0.25, -0.2) is 0 Å². The van der Waals surface area contributed by atoms with Crippen molar-refractivity contribution in [2.45, 2.75) is 84.1 Å². The van der Waals surface area contributed by atoms with Gasteiger partial charge in [0.1, 0.15) is 0 Å². The van der Waals surface area contributed by atoms with Gasteiger partial charge < -0.3 is 5.32 Å². The molecule has 1 unspecified atom stereocenters. The number of rotatable bonds is 11. The third-order valence-corrected chi connectivity index (χ3v) is 5.35. The normalized spacial score (nSPS) is 18.6. The van der Waals surface area contributed by atoms with Crippen molar-refractivity contribution >= 4 is 11.8 Å². The molecule has 1 aliphatic heterocycles. The first-order chi connectivity index (χ1) is 9.36. The molecule has 0 aromatic rings. The van der Waals surface area contributed by atoms with E-state index in [-0.39, 0.29) is 0 Å². The molecule has 1 nitrogen and oxygen atoms in total. The Bertz CT molecular complexity index is 190. The zero-order chi connectivity index (χ0) is 13.8. The van der Waals surface area contributed by atoms with Gasteiger partial charge in [0.2, 0.25) is 0 Å². The van der Waals surface area contributed by atoms with Crippen LogP contribution in [0.5, 0.6) is 0 Å². The van der Waals surface area contributed by atoms with E-state index in [4.69, 9.17) is 0 Å². The lowest BCUT2D eigenvalue weighted by Gasteiger charge is -2.27. The molecule has 1 fully saturated rings. The average molecular weight is 286 g/mol. The van der Waals surface area contributed by atoms with Gasteiger partial charge in [0, 0.05) is 6.04 Å². The summed E-state index contributed by atoms with van der Waals surface area (Å²) in [6.07, 6.45) is 14.1. The van der Waals surface area contributed by atoms with Gasteiger partial charge in [-0.3, -0.25) is 0 Å². The summed E-state index contributed by atoms with van der Waals surface area (Å²) >= 11 is 2.15. The predicted molar refractivity (Wildman–Crippen MR) is 90.1 cm³/mol. The predicted octanol–water partition coefficient (Wildman–Crippen LogP) is 5.25. The molecule has 0 aromatic carbocycles. The van der Waals surface area contributed by atoms with Crippen LogP contribution in [0, 0.1) is 5.92 Å². The summed E-state index contributed by atoms with van der Waals surface area (Å²) in [5, 5.41) is 3.80. The van der Waals surface area contributed by atoms with Gasteiger partial charge in [-0.15, -0.1) is 0 Å². The van der Waals surface area contributed by atoms with E-state index in [2.05, 4.69) is 30.9 Å². The zero-order valence-corrected chi connectivity index (χ0v) is 14.1. The van der Waals surface area contributed by atoms with Crippen molar-refractivity contribution in [1.82, 2.24) is 5.32 Å². The Hall–Kier alpha value is 0.310. The van der Waals surface area contributed by atoms with Gasteiger partial charge in [0.05, 0.1) is 0 Å². The molecule has 0 spiro atoms. The second-order valence-electron chi connectivity index (χ2n) is 6.15. The molecular formula is C17H35NS. The van der Waals surface area contributed by atoms with Gasteiger partial charge >= 0.3 is 0 Å². The van der Waals surface area contributed by atoms with E-state index < -0.39 is 0 Å². The smallest absolute Gasteiger partial charge is 0.00697 e. The van der Waals surface area contributed by atoms with Crippen molar-refractivity contribution < 1.29 is 0 Å². The fraction of sp³-hybridized carbons (Fsp3) is 1.00. The Kier molecular flexibility index (Phi) is 11.0. The maximum Gasteiger partial charge on any atom is 0.00697 e. The lowest BCUT2D eigenvalue weighted by molar-refractivity contribution is 0.343. The maximum atomic E-state index is 3.80. The Morgan fingerprint density at radius 2 is 1.74 bits per heavy atom. The fourth-order valence-electron chi connectivity index (χ4n) is 3.03. The van der Waals surface area contributed by atoms with Crippen molar-refractivity contribution in [1.29, 1.82) is 0 Å². The summed E-state index contributed by atoms with van der Waals surface area (Å²) in [5.41, 5.74) is 0. The number of hydrogen-bond acceptors (Lipinski definition) is 2. The highest BCUT2D eigenvalue weighted by molar-refractivity contribution is 7.99. The van der Waals surface area contributed by atoms with Crippen LogP contribution in [0.1, 0.15) is 78.1 Å². The standard InChI is InChI=1S/C17H35NS/c1-3-5-6-7-8-9-17(18-12-4-2)15-16-10-13-19-14-11-16/h16-18H,3-15H2,1-2H3. The van der Waals surface area contributed by atoms with Gasteiger partial charge in [-0.2, -0.15) is 11.8 Å². The van der Waals surface area contributed by atoms with Gasteiger partial charge in [0.15, 0.2) is 0 Å². The summed E-state index contributed by atoms with van der Waals surface area (Å²) < 4.78 is 0. The summed E-state index contributed by atoms with van der Waals surface area (Å²) in [6.45, 7) is 5.79. The largest absolute Gasteiger partial charge is 0.314 e. The third kappa shape index (κ3) is 8.96. The van der Waals surface area contributed by atoms with E-state index in [1.54, 1.807) is 0 Å². The third-order valence-electron chi connectivity index (χ3n) is 4.30. The van der Waals surface area contributed by atoms with E-state index in [9.17, 15) is 0 Å². The SMILES string of the molecule is CCCCCCCC(CC1CCSCC1)NCCC. The Morgan fingerprint density at radius 3 is 2.42 bits per heavy atom. The Balaban J connectivity index is 2.17. The van der Waals surface area contributed by atoms with Crippen LogP contribution < -0.4 is 5.32 Å². The molecule has 1 saturated heterocycles. The topological polar surface area (TPSA) is 12.0 Å². The molecule has 0 aromatic heterocycles. The molecule has 0 aliphatic carbocycles. The minimum absolute atomic E-state index is 0.801. The molecule has 1 heterocycles. The zero-order valence-electron chi connectivity index (χ0n) is 13.3. The summed E-state index contributed by atoms with van der Waals surface area (Å²) in [7, 11) is 0. The molecule has 0 amide bonds. The van der Waals surface area contributed by atoms with E-state index in [1.807, 2.05) is 0 Å². The monoisotopic (exact) mass is 285 g/mol. The molecule has 0 saturated carbocycles. The quantitative estimate of drug-likeness (QED) is 0.520. The van der Waals surface area contributed by atoms with Crippen LogP contribution >= 0.6 is 11.8 Å². The number of unbranched alkanes of at least 4 members (excludes halogenated alkanes) is 4. The first-order valence-corrected chi connectivity index (χ1v) is 9.83. The van der Waals surface area contributed by atoms with Crippen LogP contribution in [-0.2, 0) is 0 Å². The maximum absolute atomic E-state index is 3.80. The molecule has 0 radical (unpaired) electrons. The van der Waals surface area contributed by atoms with Gasteiger partial charge in [-0.1, -0.05) is 46.0 Å². The first kappa shape index (κ1) is 17.4. The van der Waals surface area contributed by atoms with Crippen LogP contribution in [-0.4, -0.2) is 24.1 Å². The summed E-state index contributed by atoms with van der Waals surface area (Å²) in [5.74, 6) is 3.81. The molecule has 1 atom stereocenters. The number of hydrogen-bond donors (Lipinski definition) is 1. The average Bonchev–Trinajstić information content (AvgIpc) is 2.45. The van der Waals surface area contributed by atoms with Crippen LogP contribution in [0.4, 0.5) is 0 Å². The number of nitrogens with one attached hydrogen (secondary N) is 1. The highest BCUT2D eigenvalue weighted by atomic mass is 32.2. The van der Waals surface area contributed by atoms with Crippen LogP contribution in [0.3, 0.4) is 0 Å². The van der Waals surface area contributed by atoms with Crippen LogP contribution in [0.2, 0.25) is 0 Å². The second-order valence-corrected chi connectivity index (χ2v) is 7.37. The van der Waals surface area contributed by atoms with E-state index in [0.29, 0.717) is 0 Å². The van der Waals surface area contributed by atoms with Crippen LogP contribution in [0.25, 0.3) is 0 Å². The van der Waals surface area contributed by atoms with Crippen molar-refractivity contribution in [3.05, 3.63) is 0 Å². The highest BCUT2D eigenvalue weighted by Crippen LogP contribution is 2.27. The van der Waals surface area contributed by atoms with Crippen molar-refractivity contribution in [3.8, 4) is 0 Å². The molecule has 0 bridgehead atoms. The van der Waals surface area contributed by atoms with E-state index in [0.717, 1.165) is 12.0 Å². The van der Waals surface area contributed by atoms with Crippen LogP contribution in [0.15, 0.2) is 0 Å². The van der Waals surface area contributed by atoms with Gasteiger partial charge in [0.25, 0.3) is 0 Å². The molecular weight excluding hydrogens is 250 g/mol. The fourth-order valence-corrected chi connectivity index (χ4v) is 4.23. The van der Waals surface area contributed by atoms with Crippen molar-refractivity contribution in [2.24, 2.45) is 5.92 Å². The molecule has 1 aliphatic rings. The number of thioether (sulfide) groups is 1. The van der Waals surface area contributed by atoms with Crippen molar-refractivity contribution in [3.63, 3.8) is 0 Å². The van der Waals surface area contributed by atoms with Crippen molar-refractivity contribution in [2.75, 3.05) is 18.1 Å². The molecule has 19 heavy (non-hydrogen) atoms. The lowest BCUT2D eigenvalue weighted by Crippen LogP contribution is -2.32. The Labute approximate surface area is 125 Å². The summed E-state index contributed by atoms with van der Waals surface area (Å²) in [6, 6.07) is 0.801. The molecule has 2 heteroatoms. The minimum atomic E-state index is 0.801. The lowest BCUT2D eigenvalue weighted by atomic mass is 9.91. The van der Waals surface area contributed by atoms with Gasteiger partial charge in [-0.05, 0) is 56.1 Å². The molecule has 114 valence electrons.